The van der Waals surface area contributed by atoms with Gasteiger partial charge < -0.3 is 10.2 Å². The van der Waals surface area contributed by atoms with Crippen LogP contribution < -0.4 is 10.2 Å². The number of hydrogen-bond acceptors (Lipinski definition) is 5. The van der Waals surface area contributed by atoms with Crippen LogP contribution in [0, 0.1) is 36.0 Å². The predicted molar refractivity (Wildman–Crippen MR) is 145 cm³/mol. The number of piperidine rings is 1. The average Bonchev–Trinajstić information content (AvgIpc) is 2.89. The number of nitrogens with zero attached hydrogens (tertiary/aromatic N) is 4. The van der Waals surface area contributed by atoms with E-state index in [0.29, 0.717) is 12.1 Å². The number of nitrogens with one attached hydrogen (secondary N) is 1. The minimum Gasteiger partial charge on any atom is -0.357 e. The van der Waals surface area contributed by atoms with Crippen LogP contribution in [0.15, 0.2) is 48.7 Å². The number of nitriles is 1. The molecule has 1 N–H and O–H groups in total. The van der Waals surface area contributed by atoms with Crippen LogP contribution in [-0.2, 0) is 6.42 Å². The van der Waals surface area contributed by atoms with E-state index in [4.69, 9.17) is 10.2 Å². The molecule has 0 aliphatic carbocycles. The molecule has 2 aromatic heterocycles. The predicted octanol–water partition coefficient (Wildman–Crippen LogP) is 6.56. The lowest BCUT2D eigenvalue weighted by atomic mass is 9.93. The van der Waals surface area contributed by atoms with Crippen molar-refractivity contribution >= 4 is 17.4 Å². The summed E-state index contributed by atoms with van der Waals surface area (Å²) in [5.41, 5.74) is 4.92. The molecule has 7 heteroatoms. The van der Waals surface area contributed by atoms with Crippen molar-refractivity contribution in [1.82, 2.24) is 9.97 Å². The molecule has 1 atom stereocenters. The van der Waals surface area contributed by atoms with E-state index in [2.05, 4.69) is 47.3 Å². The normalized spacial score (nSPS) is 14.7. The summed E-state index contributed by atoms with van der Waals surface area (Å²) >= 11 is 0. The van der Waals surface area contributed by atoms with Crippen LogP contribution in [0.5, 0.6) is 0 Å². The van der Waals surface area contributed by atoms with Crippen LogP contribution in [0.4, 0.5) is 15.9 Å². The summed E-state index contributed by atoms with van der Waals surface area (Å²) in [5, 5.41) is 12.0. The molecule has 4 rings (SSSR count). The van der Waals surface area contributed by atoms with E-state index in [9.17, 15) is 9.18 Å². The lowest BCUT2D eigenvalue weighted by Gasteiger charge is -2.33. The molecule has 1 aliphatic heterocycles. The van der Waals surface area contributed by atoms with E-state index in [1.165, 1.54) is 31.5 Å². The van der Waals surface area contributed by atoms with Gasteiger partial charge in [-0.15, -0.1) is 0 Å². The molecule has 0 bridgehead atoms. The minimum absolute atomic E-state index is 0.207. The van der Waals surface area contributed by atoms with Gasteiger partial charge in [-0.3, -0.25) is 4.79 Å². The Hall–Kier alpha value is -3.79. The Balaban J connectivity index is 1.66. The molecule has 1 saturated heterocycles. The third-order valence-electron chi connectivity index (χ3n) is 7.17. The molecule has 1 aromatic carbocycles. The number of aryl methyl sites for hydroxylation is 1. The van der Waals surface area contributed by atoms with Gasteiger partial charge in [0.1, 0.15) is 5.82 Å². The van der Waals surface area contributed by atoms with Crippen molar-refractivity contribution in [2.75, 3.05) is 23.3 Å². The number of carbonyl (C=O) groups is 1. The highest BCUT2D eigenvalue weighted by molar-refractivity contribution is 6.04. The van der Waals surface area contributed by atoms with Crippen LogP contribution in [0.3, 0.4) is 0 Å². The molecule has 1 unspecified atom stereocenters. The maximum Gasteiger partial charge on any atom is 0.255 e. The van der Waals surface area contributed by atoms with Crippen molar-refractivity contribution in [3.63, 3.8) is 0 Å². The Labute approximate surface area is 218 Å². The molecule has 1 aliphatic rings. The number of aromatic nitrogens is 2. The first-order valence-electron chi connectivity index (χ1n) is 13.0. The molecular weight excluding hydrogens is 465 g/mol. The van der Waals surface area contributed by atoms with E-state index in [0.717, 1.165) is 59.7 Å². The molecular formula is C30H34FN5O. The molecule has 192 valence electrons. The van der Waals surface area contributed by atoms with Gasteiger partial charge in [0.15, 0.2) is 0 Å². The third kappa shape index (κ3) is 6.71. The monoisotopic (exact) mass is 499 g/mol. The average molecular weight is 500 g/mol. The highest BCUT2D eigenvalue weighted by atomic mass is 19.1. The SMILES string of the molecule is CCC1CCN(c2cc(-c3cc(NC(=O)c4ccnc(F)c4)ccc3C)cc(CC(C)CC#N)n2)CC1. The van der Waals surface area contributed by atoms with E-state index >= 15 is 0 Å². The quantitative estimate of drug-likeness (QED) is 0.355. The fourth-order valence-corrected chi connectivity index (χ4v) is 4.91. The van der Waals surface area contributed by atoms with Crippen molar-refractivity contribution in [3.05, 3.63) is 71.4 Å². The number of anilines is 2. The van der Waals surface area contributed by atoms with Crippen molar-refractivity contribution in [3.8, 4) is 17.2 Å². The van der Waals surface area contributed by atoms with Gasteiger partial charge in [0, 0.05) is 48.7 Å². The van der Waals surface area contributed by atoms with E-state index < -0.39 is 11.9 Å². The molecule has 6 nitrogen and oxygen atoms in total. The first kappa shape index (κ1) is 26.3. The summed E-state index contributed by atoms with van der Waals surface area (Å²) in [6.45, 7) is 8.35. The first-order valence-corrected chi connectivity index (χ1v) is 13.0. The zero-order valence-corrected chi connectivity index (χ0v) is 21.8. The van der Waals surface area contributed by atoms with Crippen LogP contribution >= 0.6 is 0 Å². The second-order valence-electron chi connectivity index (χ2n) is 10.1. The molecule has 37 heavy (non-hydrogen) atoms. The summed E-state index contributed by atoms with van der Waals surface area (Å²) in [4.78, 5) is 23.6. The van der Waals surface area contributed by atoms with Gasteiger partial charge in [-0.25, -0.2) is 9.97 Å². The van der Waals surface area contributed by atoms with Crippen molar-refractivity contribution in [2.24, 2.45) is 11.8 Å². The fourth-order valence-electron chi connectivity index (χ4n) is 4.91. The van der Waals surface area contributed by atoms with Gasteiger partial charge >= 0.3 is 0 Å². The lowest BCUT2D eigenvalue weighted by molar-refractivity contribution is 0.102. The zero-order valence-electron chi connectivity index (χ0n) is 21.8. The van der Waals surface area contributed by atoms with Gasteiger partial charge in [0.05, 0.1) is 6.07 Å². The van der Waals surface area contributed by atoms with Crippen molar-refractivity contribution in [2.45, 2.75) is 52.9 Å². The van der Waals surface area contributed by atoms with Gasteiger partial charge in [-0.2, -0.15) is 9.65 Å². The van der Waals surface area contributed by atoms with Crippen molar-refractivity contribution in [1.29, 1.82) is 5.26 Å². The number of amides is 1. The number of hydrogen-bond donors (Lipinski definition) is 1. The number of benzene rings is 1. The summed E-state index contributed by atoms with van der Waals surface area (Å²) in [7, 11) is 0. The molecule has 0 radical (unpaired) electrons. The Morgan fingerprint density at radius 2 is 2.00 bits per heavy atom. The first-order chi connectivity index (χ1) is 17.9. The Kier molecular flexibility index (Phi) is 8.50. The van der Waals surface area contributed by atoms with Crippen LogP contribution in [0.2, 0.25) is 0 Å². The van der Waals surface area contributed by atoms with Gasteiger partial charge in [-0.05, 0) is 85.0 Å². The highest BCUT2D eigenvalue weighted by Gasteiger charge is 2.21. The smallest absolute Gasteiger partial charge is 0.255 e. The Morgan fingerprint density at radius 3 is 2.70 bits per heavy atom. The Bertz CT molecular complexity index is 1290. The number of carbonyl (C=O) groups excluding carboxylic acids is 1. The van der Waals surface area contributed by atoms with Crippen LogP contribution in [-0.4, -0.2) is 29.0 Å². The van der Waals surface area contributed by atoms with Gasteiger partial charge in [0.25, 0.3) is 5.91 Å². The van der Waals surface area contributed by atoms with Crippen LogP contribution in [0.1, 0.15) is 61.1 Å². The van der Waals surface area contributed by atoms with E-state index in [1.807, 2.05) is 25.1 Å². The fraction of sp³-hybridized carbons (Fsp3) is 0.400. The summed E-state index contributed by atoms with van der Waals surface area (Å²) < 4.78 is 13.5. The summed E-state index contributed by atoms with van der Waals surface area (Å²) in [5.74, 6) is 0.858. The lowest BCUT2D eigenvalue weighted by Crippen LogP contribution is -2.34. The maximum absolute atomic E-state index is 13.5. The molecule has 3 aromatic rings. The number of rotatable bonds is 8. The maximum atomic E-state index is 13.5. The standard InChI is InChI=1S/C30H34FN5O/c1-4-22-9-13-36(14-10-22)29-18-24(16-26(34-29)15-20(2)7-11-32)27-19-25(6-5-21(27)3)35-30(37)23-8-12-33-28(31)17-23/h5-6,8,12,16-20,22H,4,7,9-10,13-15H2,1-3H3,(H,35,37). The van der Waals surface area contributed by atoms with Crippen LogP contribution in [0.25, 0.3) is 11.1 Å². The molecule has 0 spiro atoms. The molecule has 3 heterocycles. The van der Waals surface area contributed by atoms with Gasteiger partial charge in [-0.1, -0.05) is 26.3 Å². The highest BCUT2D eigenvalue weighted by Crippen LogP contribution is 2.32. The van der Waals surface area contributed by atoms with Crippen molar-refractivity contribution < 1.29 is 9.18 Å². The Morgan fingerprint density at radius 1 is 1.22 bits per heavy atom. The number of pyridine rings is 2. The summed E-state index contributed by atoms with van der Waals surface area (Å²) in [6.07, 6.45) is 6.03. The van der Waals surface area contributed by atoms with E-state index in [1.54, 1.807) is 0 Å². The second kappa shape index (κ2) is 12.0. The largest absolute Gasteiger partial charge is 0.357 e. The zero-order chi connectivity index (χ0) is 26.4. The minimum atomic E-state index is -0.692. The van der Waals surface area contributed by atoms with Gasteiger partial charge in [0.2, 0.25) is 5.95 Å². The summed E-state index contributed by atoms with van der Waals surface area (Å²) in [6, 6.07) is 14.9. The molecule has 1 amide bonds. The second-order valence-corrected chi connectivity index (χ2v) is 10.1. The topological polar surface area (TPSA) is 81.9 Å². The van der Waals surface area contributed by atoms with E-state index in [-0.39, 0.29) is 11.5 Å². The molecule has 0 saturated carbocycles. The number of halogens is 1. The molecule has 1 fully saturated rings. The third-order valence-corrected chi connectivity index (χ3v) is 7.17.